The minimum absolute atomic E-state index is 0.769. The van der Waals surface area contributed by atoms with Crippen LogP contribution in [0.15, 0.2) is 99.2 Å². The van der Waals surface area contributed by atoms with Gasteiger partial charge < -0.3 is 0 Å². The molecular weight excluding hydrogens is 460 g/mol. The Morgan fingerprint density at radius 3 is 2.38 bits per heavy atom. The Balaban J connectivity index is 1.91. The lowest BCUT2D eigenvalue weighted by Gasteiger charge is -2.25. The molecule has 0 amide bonds. The first-order valence-electron chi connectivity index (χ1n) is 9.42. The van der Waals surface area contributed by atoms with Gasteiger partial charge in [-0.15, -0.1) is 0 Å². The average molecular weight is 474 g/mol. The van der Waals surface area contributed by atoms with Crippen molar-refractivity contribution in [2.75, 3.05) is 0 Å². The van der Waals surface area contributed by atoms with Gasteiger partial charge in [-0.05, 0) is 63.2 Å². The van der Waals surface area contributed by atoms with Crippen molar-refractivity contribution in [3.05, 3.63) is 94.4 Å². The van der Waals surface area contributed by atoms with E-state index in [1.54, 1.807) is 0 Å². The second-order valence-electron chi connectivity index (χ2n) is 7.23. The maximum atomic E-state index is 6.43. The predicted molar refractivity (Wildman–Crippen MR) is 129 cm³/mol. The molecule has 0 spiro atoms. The lowest BCUT2D eigenvalue weighted by Crippen LogP contribution is -1.97. The van der Waals surface area contributed by atoms with Crippen LogP contribution < -0.4 is 0 Å². The topological polar surface area (TPSA) is 0 Å². The van der Waals surface area contributed by atoms with Crippen molar-refractivity contribution in [2.24, 2.45) is 0 Å². The molecule has 1 aliphatic heterocycles. The summed E-state index contributed by atoms with van der Waals surface area (Å²) in [5.41, 5.74) is 5.11. The van der Waals surface area contributed by atoms with Crippen molar-refractivity contribution in [1.82, 2.24) is 0 Å². The number of halogens is 2. The molecule has 0 nitrogen and oxygen atoms in total. The van der Waals surface area contributed by atoms with Gasteiger partial charge in [0.15, 0.2) is 0 Å². The van der Waals surface area contributed by atoms with E-state index in [0.29, 0.717) is 0 Å². The summed E-state index contributed by atoms with van der Waals surface area (Å²) in [6, 6.07) is 30.2. The largest absolute Gasteiger partial charge is 0.0887 e. The quantitative estimate of drug-likeness (QED) is 0.214. The maximum Gasteiger partial charge on any atom is 0.0412 e. The smallest absolute Gasteiger partial charge is 0.0412 e. The highest BCUT2D eigenvalue weighted by Gasteiger charge is 2.25. The fourth-order valence-electron chi connectivity index (χ4n) is 4.40. The summed E-state index contributed by atoms with van der Waals surface area (Å²) >= 11 is 11.9. The molecule has 0 aliphatic carbocycles. The van der Waals surface area contributed by atoms with Crippen LogP contribution in [-0.4, -0.2) is 0 Å². The first-order chi connectivity index (χ1) is 14.2. The third kappa shape index (κ3) is 2.67. The summed E-state index contributed by atoms with van der Waals surface area (Å²) in [5, 5.41) is 5.79. The fraction of sp³-hybridized carbons (Fsp3) is 0. The summed E-state index contributed by atoms with van der Waals surface area (Å²) < 4.78 is 1.10. The second kappa shape index (κ2) is 6.63. The summed E-state index contributed by atoms with van der Waals surface area (Å²) in [7, 11) is 0. The van der Waals surface area contributed by atoms with E-state index < -0.39 is 0 Å². The van der Waals surface area contributed by atoms with Gasteiger partial charge in [0.25, 0.3) is 0 Å². The van der Waals surface area contributed by atoms with Crippen molar-refractivity contribution >= 4 is 60.8 Å². The first-order valence-corrected chi connectivity index (χ1v) is 11.4. The van der Waals surface area contributed by atoms with Crippen LogP contribution >= 0.6 is 39.3 Å². The third-order valence-corrected chi connectivity index (χ3v) is 7.41. The number of fused-ring (bicyclic) bond motifs is 4. The van der Waals surface area contributed by atoms with Gasteiger partial charge in [-0.25, -0.2) is 0 Å². The summed E-state index contributed by atoms with van der Waals surface area (Å²) in [5.74, 6) is 0. The van der Waals surface area contributed by atoms with E-state index in [2.05, 4.69) is 94.8 Å². The normalized spacial score (nSPS) is 12.3. The van der Waals surface area contributed by atoms with Crippen molar-refractivity contribution in [1.29, 1.82) is 0 Å². The zero-order valence-electron chi connectivity index (χ0n) is 15.2. The lowest BCUT2D eigenvalue weighted by atomic mass is 9.85. The Hall–Kier alpha value is -2.26. The molecule has 5 aromatic carbocycles. The molecule has 138 valence electrons. The van der Waals surface area contributed by atoms with Crippen LogP contribution in [0.25, 0.3) is 43.8 Å². The van der Waals surface area contributed by atoms with Gasteiger partial charge in [-0.3, -0.25) is 0 Å². The average Bonchev–Trinajstić information content (AvgIpc) is 2.74. The molecule has 0 saturated carbocycles. The summed E-state index contributed by atoms with van der Waals surface area (Å²) in [6.07, 6.45) is 0. The van der Waals surface area contributed by atoms with Gasteiger partial charge in [0.2, 0.25) is 0 Å². The van der Waals surface area contributed by atoms with Gasteiger partial charge >= 0.3 is 0 Å². The molecule has 1 aliphatic rings. The van der Waals surface area contributed by atoms with E-state index in [4.69, 9.17) is 11.6 Å². The van der Waals surface area contributed by atoms with Gasteiger partial charge in [0.05, 0.1) is 0 Å². The SMILES string of the molecule is Clc1ccc2c(-c3ccccc3)c3c4c(cccc4c2c1)Sc1cc(Br)ccc1-3. The minimum Gasteiger partial charge on any atom is -0.0887 e. The van der Waals surface area contributed by atoms with Crippen LogP contribution in [0.1, 0.15) is 0 Å². The van der Waals surface area contributed by atoms with Gasteiger partial charge in [0.1, 0.15) is 0 Å². The minimum atomic E-state index is 0.769. The molecule has 0 fully saturated rings. The number of benzene rings is 5. The summed E-state index contributed by atoms with van der Waals surface area (Å²) in [4.78, 5) is 2.58. The van der Waals surface area contributed by atoms with E-state index in [9.17, 15) is 0 Å². The second-order valence-corrected chi connectivity index (χ2v) is 9.66. The number of hydrogen-bond acceptors (Lipinski definition) is 1. The third-order valence-electron chi connectivity index (χ3n) is 5.56. The van der Waals surface area contributed by atoms with Crippen LogP contribution in [0, 0.1) is 0 Å². The lowest BCUT2D eigenvalue weighted by molar-refractivity contribution is 1.38. The highest BCUT2D eigenvalue weighted by molar-refractivity contribution is 9.10. The Kier molecular flexibility index (Phi) is 4.02. The van der Waals surface area contributed by atoms with Crippen LogP contribution in [-0.2, 0) is 0 Å². The van der Waals surface area contributed by atoms with Gasteiger partial charge in [0, 0.05) is 30.2 Å². The van der Waals surface area contributed by atoms with Crippen LogP contribution in [0.5, 0.6) is 0 Å². The van der Waals surface area contributed by atoms with E-state index in [1.807, 2.05) is 17.8 Å². The zero-order valence-corrected chi connectivity index (χ0v) is 18.4. The highest BCUT2D eigenvalue weighted by Crippen LogP contribution is 2.54. The van der Waals surface area contributed by atoms with E-state index in [-0.39, 0.29) is 0 Å². The molecule has 0 atom stereocenters. The predicted octanol–water partition coefficient (Wildman–Crippen LogP) is 9.21. The maximum absolute atomic E-state index is 6.43. The molecule has 1 heterocycles. The van der Waals surface area contributed by atoms with E-state index in [1.165, 1.54) is 53.6 Å². The van der Waals surface area contributed by atoms with E-state index in [0.717, 1.165) is 9.50 Å². The molecule has 0 bridgehead atoms. The molecule has 29 heavy (non-hydrogen) atoms. The molecule has 5 aromatic rings. The van der Waals surface area contributed by atoms with Crippen molar-refractivity contribution < 1.29 is 0 Å². The first kappa shape index (κ1) is 17.6. The molecule has 0 unspecified atom stereocenters. The molecule has 6 rings (SSSR count). The molecular formula is C26H14BrClS. The van der Waals surface area contributed by atoms with Crippen LogP contribution in [0.3, 0.4) is 0 Å². The Morgan fingerprint density at radius 2 is 1.52 bits per heavy atom. The zero-order chi connectivity index (χ0) is 19.5. The summed E-state index contributed by atoms with van der Waals surface area (Å²) in [6.45, 7) is 0. The van der Waals surface area contributed by atoms with Crippen molar-refractivity contribution in [2.45, 2.75) is 9.79 Å². The molecule has 0 saturated heterocycles. The van der Waals surface area contributed by atoms with Crippen LogP contribution in [0.2, 0.25) is 5.02 Å². The molecule has 0 radical (unpaired) electrons. The van der Waals surface area contributed by atoms with Gasteiger partial charge in [-0.2, -0.15) is 0 Å². The monoisotopic (exact) mass is 472 g/mol. The molecule has 3 heteroatoms. The Bertz CT molecular complexity index is 1440. The fourth-order valence-corrected chi connectivity index (χ4v) is 6.24. The van der Waals surface area contributed by atoms with Gasteiger partial charge in [-0.1, -0.05) is 93.9 Å². The number of rotatable bonds is 1. The Morgan fingerprint density at radius 1 is 0.655 bits per heavy atom. The van der Waals surface area contributed by atoms with Crippen LogP contribution in [0.4, 0.5) is 0 Å². The van der Waals surface area contributed by atoms with Crippen molar-refractivity contribution in [3.63, 3.8) is 0 Å². The standard InChI is InChI=1S/C26H14BrClS/c27-16-9-11-20-23(13-16)29-22-8-4-7-18-21-14-17(28)10-12-19(21)24(26(20)25(18)22)15-5-2-1-3-6-15/h1-14H. The number of hydrogen-bond donors (Lipinski definition) is 0. The van der Waals surface area contributed by atoms with E-state index >= 15 is 0 Å². The molecule has 0 aromatic heterocycles. The van der Waals surface area contributed by atoms with Crippen molar-refractivity contribution in [3.8, 4) is 22.3 Å². The Labute approximate surface area is 186 Å². The molecule has 0 N–H and O–H groups in total. The highest BCUT2D eigenvalue weighted by atomic mass is 79.9.